The summed E-state index contributed by atoms with van der Waals surface area (Å²) in [6.07, 6.45) is -1.03. The molecule has 0 aliphatic heterocycles. The molecule has 0 fully saturated rings. The van der Waals surface area contributed by atoms with E-state index < -0.39 is 12.7 Å². The number of aliphatic hydroxyl groups excluding tert-OH is 2. The maximum Gasteiger partial charge on any atom is 1.00 e. The molecule has 44 valence electrons. The van der Waals surface area contributed by atoms with Gasteiger partial charge in [-0.25, -0.2) is 0 Å². The summed E-state index contributed by atoms with van der Waals surface area (Å²) in [5, 5.41) is 25.4. The molecular formula is C3H7KO4. The van der Waals surface area contributed by atoms with Crippen LogP contribution < -0.4 is 56.6 Å². The summed E-state index contributed by atoms with van der Waals surface area (Å²) in [6.45, 7) is -0.779. The van der Waals surface area contributed by atoms with Crippen LogP contribution in [0.1, 0.15) is 0 Å². The van der Waals surface area contributed by atoms with Crippen LogP contribution in [0.25, 0.3) is 0 Å². The average Bonchev–Trinajstić information content (AvgIpc) is 1.68. The molecule has 0 radical (unpaired) electrons. The van der Waals surface area contributed by atoms with Crippen LogP contribution in [0.5, 0.6) is 0 Å². The molecule has 0 saturated heterocycles. The molecule has 0 aromatic heterocycles. The first-order valence-corrected chi connectivity index (χ1v) is 1.85. The minimum absolute atomic E-state index is 0. The third kappa shape index (κ3) is 7.48. The molecule has 0 heterocycles. The van der Waals surface area contributed by atoms with Gasteiger partial charge in [0.05, 0.1) is 19.3 Å². The molecule has 1 atom stereocenters. The minimum Gasteiger partial charge on any atom is -0.723 e. The molecule has 8 heavy (non-hydrogen) atoms. The van der Waals surface area contributed by atoms with Gasteiger partial charge < -0.3 is 20.4 Å². The Morgan fingerprint density at radius 3 is 2.25 bits per heavy atom. The van der Waals surface area contributed by atoms with Crippen LogP contribution in [0.3, 0.4) is 0 Å². The molecule has 4 nitrogen and oxygen atoms in total. The standard InChI is InChI=1S/C3H8O4.K/c4-1-3(5)2-7-6;/h3-6H,1-2H2;/q;+1/p-1. The van der Waals surface area contributed by atoms with Crippen LogP contribution in [0.15, 0.2) is 0 Å². The number of aliphatic hydroxyl groups is 2. The van der Waals surface area contributed by atoms with Gasteiger partial charge >= 0.3 is 51.4 Å². The second-order valence-corrected chi connectivity index (χ2v) is 1.12. The smallest absolute Gasteiger partial charge is 0.723 e. The maximum atomic E-state index is 9.13. The topological polar surface area (TPSA) is 72.8 Å². The monoisotopic (exact) mass is 146 g/mol. The van der Waals surface area contributed by atoms with E-state index in [1.165, 1.54) is 0 Å². The molecule has 5 heteroatoms. The Kier molecular flexibility index (Phi) is 12.9. The molecule has 0 amide bonds. The van der Waals surface area contributed by atoms with Crippen LogP contribution in [0.4, 0.5) is 0 Å². The summed E-state index contributed by atoms with van der Waals surface area (Å²) in [7, 11) is 0. The molecule has 0 spiro atoms. The molecule has 0 aliphatic rings. The van der Waals surface area contributed by atoms with Gasteiger partial charge in [-0.3, -0.25) is 0 Å². The number of hydrogen-bond donors (Lipinski definition) is 2. The molecule has 1 unspecified atom stereocenters. The van der Waals surface area contributed by atoms with Gasteiger partial charge in [0.1, 0.15) is 0 Å². The van der Waals surface area contributed by atoms with E-state index in [0.29, 0.717) is 0 Å². The summed E-state index contributed by atoms with van der Waals surface area (Å²) in [4.78, 5) is 3.23. The zero-order valence-electron chi connectivity index (χ0n) is 4.70. The quantitative estimate of drug-likeness (QED) is 0.237. The van der Waals surface area contributed by atoms with Crippen LogP contribution in [-0.4, -0.2) is 29.5 Å². The SMILES string of the molecule is [K+].[O-]OCC(O)CO. The van der Waals surface area contributed by atoms with E-state index in [9.17, 15) is 0 Å². The van der Waals surface area contributed by atoms with E-state index >= 15 is 0 Å². The van der Waals surface area contributed by atoms with Crippen LogP contribution in [0.2, 0.25) is 0 Å². The largest absolute Gasteiger partial charge is 1.00 e. The Morgan fingerprint density at radius 2 is 2.12 bits per heavy atom. The van der Waals surface area contributed by atoms with Crippen molar-refractivity contribution in [3.8, 4) is 0 Å². The van der Waals surface area contributed by atoms with E-state index in [-0.39, 0.29) is 58.0 Å². The molecular weight excluding hydrogens is 139 g/mol. The molecule has 2 N–H and O–H groups in total. The van der Waals surface area contributed by atoms with E-state index in [4.69, 9.17) is 15.5 Å². The first-order valence-electron chi connectivity index (χ1n) is 1.85. The van der Waals surface area contributed by atoms with Gasteiger partial charge in [-0.1, -0.05) is 0 Å². The Bertz CT molecular complexity index is 42.3. The molecule has 0 bridgehead atoms. The van der Waals surface area contributed by atoms with Gasteiger partial charge in [0.25, 0.3) is 0 Å². The van der Waals surface area contributed by atoms with Crippen molar-refractivity contribution in [1.82, 2.24) is 0 Å². The summed E-state index contributed by atoms with van der Waals surface area (Å²) < 4.78 is 0. The fourth-order valence-corrected chi connectivity index (χ4v) is 0.131. The molecule has 0 aromatic rings. The van der Waals surface area contributed by atoms with E-state index in [1.54, 1.807) is 0 Å². The molecule has 0 aromatic carbocycles. The third-order valence-corrected chi connectivity index (χ3v) is 0.471. The van der Waals surface area contributed by atoms with E-state index in [1.807, 2.05) is 0 Å². The molecule has 0 rings (SSSR count). The summed E-state index contributed by atoms with van der Waals surface area (Å²) in [5.74, 6) is 0. The van der Waals surface area contributed by atoms with Crippen molar-refractivity contribution in [2.45, 2.75) is 6.10 Å². The van der Waals surface area contributed by atoms with Gasteiger partial charge in [-0.05, 0) is 0 Å². The Balaban J connectivity index is 0. The third-order valence-electron chi connectivity index (χ3n) is 0.471. The second kappa shape index (κ2) is 8.48. The number of hydrogen-bond acceptors (Lipinski definition) is 4. The van der Waals surface area contributed by atoms with Crippen molar-refractivity contribution in [2.75, 3.05) is 13.2 Å². The Morgan fingerprint density at radius 1 is 1.62 bits per heavy atom. The fourth-order valence-electron chi connectivity index (χ4n) is 0.131. The van der Waals surface area contributed by atoms with Crippen molar-refractivity contribution in [3.05, 3.63) is 0 Å². The van der Waals surface area contributed by atoms with Gasteiger partial charge in [-0.2, -0.15) is 0 Å². The molecule has 0 saturated carbocycles. The first kappa shape index (κ1) is 12.2. The predicted octanol–water partition coefficient (Wildman–Crippen LogP) is -5.36. The Hall–Kier alpha value is 1.48. The predicted molar refractivity (Wildman–Crippen MR) is 19.0 cm³/mol. The van der Waals surface area contributed by atoms with E-state index in [0.717, 1.165) is 0 Å². The normalized spacial score (nSPS) is 12.4. The van der Waals surface area contributed by atoms with Gasteiger partial charge in [0, 0.05) is 0 Å². The van der Waals surface area contributed by atoms with Gasteiger partial charge in [-0.15, -0.1) is 0 Å². The van der Waals surface area contributed by atoms with Crippen LogP contribution in [-0.2, 0) is 4.89 Å². The van der Waals surface area contributed by atoms with Gasteiger partial charge in [0.15, 0.2) is 0 Å². The van der Waals surface area contributed by atoms with Crippen LogP contribution >= 0.6 is 0 Å². The maximum absolute atomic E-state index is 9.13. The summed E-state index contributed by atoms with van der Waals surface area (Å²) >= 11 is 0. The molecule has 0 aliphatic carbocycles. The Labute approximate surface area is 89.8 Å². The van der Waals surface area contributed by atoms with E-state index in [2.05, 4.69) is 4.89 Å². The van der Waals surface area contributed by atoms with Crippen molar-refractivity contribution in [1.29, 1.82) is 0 Å². The zero-order chi connectivity index (χ0) is 5.70. The van der Waals surface area contributed by atoms with Crippen molar-refractivity contribution in [3.63, 3.8) is 0 Å². The average molecular weight is 146 g/mol. The fraction of sp³-hybridized carbons (Fsp3) is 1.00. The second-order valence-electron chi connectivity index (χ2n) is 1.12. The van der Waals surface area contributed by atoms with Crippen molar-refractivity contribution in [2.24, 2.45) is 0 Å². The van der Waals surface area contributed by atoms with Crippen molar-refractivity contribution < 1.29 is 71.7 Å². The summed E-state index contributed by atoms with van der Waals surface area (Å²) in [5.41, 5.74) is 0. The number of rotatable bonds is 3. The van der Waals surface area contributed by atoms with Crippen molar-refractivity contribution >= 4 is 0 Å². The summed E-state index contributed by atoms with van der Waals surface area (Å²) in [6, 6.07) is 0. The zero-order valence-corrected chi connectivity index (χ0v) is 7.83. The minimum atomic E-state index is -1.03. The first-order chi connectivity index (χ1) is 3.31. The van der Waals surface area contributed by atoms with Crippen LogP contribution in [0, 0.1) is 0 Å². The van der Waals surface area contributed by atoms with Gasteiger partial charge in [0.2, 0.25) is 0 Å².